The van der Waals surface area contributed by atoms with Crippen LogP contribution < -0.4 is 0 Å². The van der Waals surface area contributed by atoms with Crippen molar-refractivity contribution in [2.24, 2.45) is 5.92 Å². The summed E-state index contributed by atoms with van der Waals surface area (Å²) in [6.45, 7) is 6.00. The maximum atomic E-state index is 12.7. The summed E-state index contributed by atoms with van der Waals surface area (Å²) < 4.78 is 66.7. The van der Waals surface area contributed by atoms with Gasteiger partial charge in [0.25, 0.3) is 0 Å². The van der Waals surface area contributed by atoms with Crippen LogP contribution in [0, 0.1) is 5.92 Å². The molecule has 0 rings (SSSR count). The second-order valence-electron chi connectivity index (χ2n) is 5.72. The maximum Gasteiger partial charge on any atom is 0.453 e. The molecule has 0 aliphatic carbocycles. The maximum absolute atomic E-state index is 12.7. The van der Waals surface area contributed by atoms with E-state index in [2.05, 4.69) is 0 Å². The summed E-state index contributed by atoms with van der Waals surface area (Å²) in [7, 11) is 0. The number of carbonyl (C=O) groups excluding carboxylic acids is 1. The number of unbranched alkanes of at least 4 members (excludes halogenated alkanes) is 2. The van der Waals surface area contributed by atoms with Crippen LogP contribution in [0.1, 0.15) is 52.9 Å². The van der Waals surface area contributed by atoms with Gasteiger partial charge in [0.1, 0.15) is 5.25 Å². The summed E-state index contributed by atoms with van der Waals surface area (Å²) in [6.07, 6.45) is -5.08. The quantitative estimate of drug-likeness (QED) is 0.277. The van der Waals surface area contributed by atoms with Gasteiger partial charge in [-0.15, -0.1) is 11.8 Å². The number of carbonyl (C=O) groups is 1. The number of hydrogen-bond donors (Lipinski definition) is 0. The van der Waals surface area contributed by atoms with Crippen molar-refractivity contribution in [2.75, 3.05) is 12.4 Å². The molecule has 138 valence electrons. The van der Waals surface area contributed by atoms with E-state index >= 15 is 0 Å². The second kappa shape index (κ2) is 10.4. The summed E-state index contributed by atoms with van der Waals surface area (Å²) >= 11 is 1.25. The lowest BCUT2D eigenvalue weighted by Gasteiger charge is -2.20. The lowest BCUT2D eigenvalue weighted by Crippen LogP contribution is -2.36. The zero-order valence-electron chi connectivity index (χ0n) is 13.7. The summed E-state index contributed by atoms with van der Waals surface area (Å²) in [6, 6.07) is 0. The fourth-order valence-electron chi connectivity index (χ4n) is 1.73. The van der Waals surface area contributed by atoms with E-state index < -0.39 is 23.8 Å². The standard InChI is InChI=1S/C15H25F5O2S/c1-4-5-9-22-13(21)12(11(2)3)23-10-7-6-8-14(16,17)15(18,19)20/h11-12H,4-10H2,1-3H3. The first kappa shape index (κ1) is 22.5. The third-order valence-corrected chi connectivity index (χ3v) is 4.80. The van der Waals surface area contributed by atoms with Gasteiger partial charge < -0.3 is 4.74 Å². The Morgan fingerprint density at radius 3 is 2.17 bits per heavy atom. The highest BCUT2D eigenvalue weighted by atomic mass is 32.2. The highest BCUT2D eigenvalue weighted by Gasteiger charge is 2.56. The highest BCUT2D eigenvalue weighted by Crippen LogP contribution is 2.39. The molecule has 0 aliphatic rings. The van der Waals surface area contributed by atoms with Crippen molar-refractivity contribution in [1.82, 2.24) is 0 Å². The monoisotopic (exact) mass is 364 g/mol. The van der Waals surface area contributed by atoms with E-state index in [4.69, 9.17) is 4.74 Å². The molecule has 0 saturated heterocycles. The molecule has 1 atom stereocenters. The molecule has 0 fully saturated rings. The second-order valence-corrected chi connectivity index (χ2v) is 6.97. The van der Waals surface area contributed by atoms with Gasteiger partial charge in [-0.05, 0) is 30.9 Å². The van der Waals surface area contributed by atoms with Gasteiger partial charge in [-0.1, -0.05) is 27.2 Å². The SMILES string of the molecule is CCCCOC(=O)C(SCCCCC(F)(F)C(F)(F)F)C(C)C. The minimum Gasteiger partial charge on any atom is -0.465 e. The van der Waals surface area contributed by atoms with E-state index in [0.29, 0.717) is 12.4 Å². The van der Waals surface area contributed by atoms with Crippen LogP contribution in [0.3, 0.4) is 0 Å². The largest absolute Gasteiger partial charge is 0.465 e. The van der Waals surface area contributed by atoms with Crippen molar-refractivity contribution < 1.29 is 31.5 Å². The van der Waals surface area contributed by atoms with Crippen LogP contribution in [0.4, 0.5) is 22.0 Å². The predicted octanol–water partition coefficient (Wildman–Crippen LogP) is 5.46. The Kier molecular flexibility index (Phi) is 10.1. The summed E-state index contributed by atoms with van der Waals surface area (Å²) in [5, 5.41) is -0.421. The average Bonchev–Trinajstić information content (AvgIpc) is 2.41. The molecule has 1 unspecified atom stereocenters. The molecule has 0 heterocycles. The molecule has 0 radical (unpaired) electrons. The Bertz CT molecular complexity index is 345. The normalized spacial score (nSPS) is 14.1. The fraction of sp³-hybridized carbons (Fsp3) is 0.933. The molecule has 0 aliphatic heterocycles. The minimum atomic E-state index is -5.50. The molecule has 0 amide bonds. The summed E-state index contributed by atoms with van der Waals surface area (Å²) in [5.41, 5.74) is 0. The molecular formula is C15H25F5O2S. The van der Waals surface area contributed by atoms with Crippen LogP contribution in [-0.4, -0.2) is 35.7 Å². The first-order valence-electron chi connectivity index (χ1n) is 7.75. The Hall–Kier alpha value is -0.530. The van der Waals surface area contributed by atoms with Gasteiger partial charge in [0.15, 0.2) is 0 Å². The lowest BCUT2D eigenvalue weighted by atomic mass is 10.1. The van der Waals surface area contributed by atoms with Crippen LogP contribution in [0.5, 0.6) is 0 Å². The van der Waals surface area contributed by atoms with Crippen LogP contribution >= 0.6 is 11.8 Å². The van der Waals surface area contributed by atoms with E-state index in [1.165, 1.54) is 11.8 Å². The molecule has 0 N–H and O–H groups in total. The Labute approximate surface area is 138 Å². The molecule has 8 heteroatoms. The van der Waals surface area contributed by atoms with E-state index in [0.717, 1.165) is 12.8 Å². The van der Waals surface area contributed by atoms with Crippen LogP contribution in [-0.2, 0) is 9.53 Å². The van der Waals surface area contributed by atoms with Gasteiger partial charge in [-0.3, -0.25) is 4.79 Å². The van der Waals surface area contributed by atoms with Gasteiger partial charge in [0.05, 0.1) is 6.61 Å². The lowest BCUT2D eigenvalue weighted by molar-refractivity contribution is -0.284. The fourth-order valence-corrected chi connectivity index (χ4v) is 2.95. The third kappa shape index (κ3) is 8.77. The highest BCUT2D eigenvalue weighted by molar-refractivity contribution is 8.00. The van der Waals surface area contributed by atoms with Gasteiger partial charge >= 0.3 is 18.1 Å². The van der Waals surface area contributed by atoms with E-state index in [-0.39, 0.29) is 24.7 Å². The Morgan fingerprint density at radius 2 is 1.70 bits per heavy atom. The average molecular weight is 364 g/mol. The number of halogens is 5. The number of thioether (sulfide) groups is 1. The number of hydrogen-bond acceptors (Lipinski definition) is 3. The van der Waals surface area contributed by atoms with Gasteiger partial charge in [0.2, 0.25) is 0 Å². The van der Waals surface area contributed by atoms with Crippen molar-refractivity contribution in [1.29, 1.82) is 0 Å². The van der Waals surface area contributed by atoms with Crippen molar-refractivity contribution in [3.8, 4) is 0 Å². The molecule has 0 bridgehead atoms. The number of ether oxygens (including phenoxy) is 1. The molecule has 0 aromatic rings. The molecular weight excluding hydrogens is 339 g/mol. The first-order chi connectivity index (χ1) is 10.5. The molecule has 0 aromatic heterocycles. The van der Waals surface area contributed by atoms with Crippen molar-refractivity contribution in [3.63, 3.8) is 0 Å². The number of rotatable bonds is 11. The van der Waals surface area contributed by atoms with Crippen molar-refractivity contribution in [2.45, 2.75) is 70.2 Å². The smallest absolute Gasteiger partial charge is 0.453 e. The Balaban J connectivity index is 4.13. The molecule has 23 heavy (non-hydrogen) atoms. The minimum absolute atomic E-state index is 0.00532. The zero-order chi connectivity index (χ0) is 18.1. The number of alkyl halides is 5. The van der Waals surface area contributed by atoms with Crippen LogP contribution in [0.25, 0.3) is 0 Å². The molecule has 0 aromatic carbocycles. The van der Waals surface area contributed by atoms with Gasteiger partial charge in [-0.25, -0.2) is 0 Å². The topological polar surface area (TPSA) is 26.3 Å². The van der Waals surface area contributed by atoms with Crippen LogP contribution in [0.2, 0.25) is 0 Å². The van der Waals surface area contributed by atoms with Crippen molar-refractivity contribution in [3.05, 3.63) is 0 Å². The van der Waals surface area contributed by atoms with E-state index in [1.54, 1.807) is 0 Å². The Morgan fingerprint density at radius 1 is 1.09 bits per heavy atom. The van der Waals surface area contributed by atoms with Crippen molar-refractivity contribution >= 4 is 17.7 Å². The molecule has 0 saturated carbocycles. The van der Waals surface area contributed by atoms with Crippen LogP contribution in [0.15, 0.2) is 0 Å². The van der Waals surface area contributed by atoms with E-state index in [1.807, 2.05) is 20.8 Å². The van der Waals surface area contributed by atoms with Gasteiger partial charge in [0, 0.05) is 6.42 Å². The number of esters is 1. The van der Waals surface area contributed by atoms with Gasteiger partial charge in [-0.2, -0.15) is 22.0 Å². The molecule has 0 spiro atoms. The zero-order valence-corrected chi connectivity index (χ0v) is 14.5. The van der Waals surface area contributed by atoms with E-state index in [9.17, 15) is 26.7 Å². The third-order valence-electron chi connectivity index (χ3n) is 3.18. The summed E-state index contributed by atoms with van der Waals surface area (Å²) in [4.78, 5) is 11.9. The summed E-state index contributed by atoms with van der Waals surface area (Å²) in [5.74, 6) is -4.64. The first-order valence-corrected chi connectivity index (χ1v) is 8.80. The predicted molar refractivity (Wildman–Crippen MR) is 81.8 cm³/mol. The molecule has 2 nitrogen and oxygen atoms in total.